The number of imide groups is 1. The van der Waals surface area contributed by atoms with Crippen molar-refractivity contribution < 1.29 is 14.4 Å². The number of Topliss-reactive ketones (excluding diaryl/α,β-unsaturated/α-hetero) is 1. The van der Waals surface area contributed by atoms with Crippen LogP contribution in [0.5, 0.6) is 0 Å². The summed E-state index contributed by atoms with van der Waals surface area (Å²) in [7, 11) is 0. The summed E-state index contributed by atoms with van der Waals surface area (Å²) in [6, 6.07) is 6.63. The summed E-state index contributed by atoms with van der Waals surface area (Å²) in [6.45, 7) is -0.200. The number of benzene rings is 1. The molecule has 0 aromatic heterocycles. The lowest BCUT2D eigenvalue weighted by Gasteiger charge is -2.15. The molecule has 1 saturated carbocycles. The quantitative estimate of drug-likeness (QED) is 0.614. The Hall–Kier alpha value is -1.68. The molecule has 1 aromatic carbocycles. The highest BCUT2D eigenvalue weighted by molar-refractivity contribution is 6.34. The Balaban J connectivity index is 1.78. The van der Waals surface area contributed by atoms with E-state index in [0.29, 0.717) is 17.0 Å². The highest BCUT2D eigenvalue weighted by Crippen LogP contribution is 2.46. The first kappa shape index (κ1) is 11.4. The smallest absolute Gasteiger partial charge is 0.233 e. The van der Waals surface area contributed by atoms with Crippen molar-refractivity contribution in [2.24, 2.45) is 11.8 Å². The van der Waals surface area contributed by atoms with Crippen LogP contribution in [-0.2, 0) is 9.59 Å². The Bertz CT molecular complexity index is 549. The highest BCUT2D eigenvalue weighted by Gasteiger charge is 2.59. The number of nitrogens with zero attached hydrogens (tertiary/aromatic N) is 1. The molecule has 2 amide bonds. The van der Waals surface area contributed by atoms with Crippen LogP contribution < -0.4 is 0 Å². The van der Waals surface area contributed by atoms with Gasteiger partial charge in [-0.1, -0.05) is 23.7 Å². The Morgan fingerprint density at radius 2 is 1.83 bits per heavy atom. The van der Waals surface area contributed by atoms with Crippen LogP contribution in [0.25, 0.3) is 0 Å². The van der Waals surface area contributed by atoms with E-state index < -0.39 is 0 Å². The second-order valence-electron chi connectivity index (χ2n) is 4.61. The van der Waals surface area contributed by atoms with Gasteiger partial charge in [0.2, 0.25) is 11.8 Å². The van der Waals surface area contributed by atoms with Gasteiger partial charge >= 0.3 is 0 Å². The van der Waals surface area contributed by atoms with Crippen molar-refractivity contribution >= 4 is 29.2 Å². The summed E-state index contributed by atoms with van der Waals surface area (Å²) in [5.74, 6) is -1.08. The van der Waals surface area contributed by atoms with Crippen molar-refractivity contribution in [1.82, 2.24) is 4.90 Å². The number of amides is 2. The summed E-state index contributed by atoms with van der Waals surface area (Å²) >= 11 is 5.91. The lowest BCUT2D eigenvalue weighted by atomic mass is 10.1. The molecule has 2 unspecified atom stereocenters. The molecule has 2 atom stereocenters. The van der Waals surface area contributed by atoms with Crippen molar-refractivity contribution in [2.45, 2.75) is 6.42 Å². The normalized spacial score (nSPS) is 25.3. The molecule has 1 aliphatic heterocycles. The summed E-state index contributed by atoms with van der Waals surface area (Å²) in [6.07, 6.45) is 0.647. The van der Waals surface area contributed by atoms with Gasteiger partial charge in [-0.3, -0.25) is 19.3 Å². The number of halogens is 1. The average Bonchev–Trinajstić information content (AvgIpc) is 3.10. The third-order valence-electron chi connectivity index (χ3n) is 3.43. The number of ketones is 1. The van der Waals surface area contributed by atoms with E-state index in [0.717, 1.165) is 4.90 Å². The molecule has 2 fully saturated rings. The predicted molar refractivity (Wildman–Crippen MR) is 64.1 cm³/mol. The number of carbonyl (C=O) groups is 3. The summed E-state index contributed by atoms with van der Waals surface area (Å²) in [5.41, 5.74) is 0.348. The van der Waals surface area contributed by atoms with Gasteiger partial charge in [0, 0.05) is 5.56 Å². The van der Waals surface area contributed by atoms with Crippen LogP contribution in [0.2, 0.25) is 5.02 Å². The van der Waals surface area contributed by atoms with E-state index in [1.54, 1.807) is 24.3 Å². The molecule has 92 valence electrons. The van der Waals surface area contributed by atoms with Crippen LogP contribution in [-0.4, -0.2) is 29.0 Å². The van der Waals surface area contributed by atoms with E-state index in [1.807, 2.05) is 0 Å². The minimum absolute atomic E-state index is 0.170. The predicted octanol–water partition coefficient (Wildman–Crippen LogP) is 1.53. The average molecular weight is 264 g/mol. The first-order chi connectivity index (χ1) is 8.59. The Labute approximate surface area is 109 Å². The van der Waals surface area contributed by atoms with Gasteiger partial charge in [0.25, 0.3) is 0 Å². The molecule has 0 radical (unpaired) electrons. The van der Waals surface area contributed by atoms with E-state index in [4.69, 9.17) is 11.6 Å². The van der Waals surface area contributed by atoms with Gasteiger partial charge in [0.05, 0.1) is 23.4 Å². The number of rotatable bonds is 3. The molecule has 18 heavy (non-hydrogen) atoms. The molecule has 0 spiro atoms. The largest absolute Gasteiger partial charge is 0.292 e. The first-order valence-corrected chi connectivity index (χ1v) is 6.10. The van der Waals surface area contributed by atoms with Crippen LogP contribution in [0.4, 0.5) is 0 Å². The molecule has 5 heteroatoms. The Morgan fingerprint density at radius 3 is 2.44 bits per heavy atom. The molecule has 4 nitrogen and oxygen atoms in total. The van der Waals surface area contributed by atoms with Gasteiger partial charge in [0.1, 0.15) is 0 Å². The molecule has 3 rings (SSSR count). The SMILES string of the molecule is O=C(CN1C(=O)C2CC2C1=O)c1ccccc1Cl. The van der Waals surface area contributed by atoms with Gasteiger partial charge in [-0.05, 0) is 18.6 Å². The second-order valence-corrected chi connectivity index (χ2v) is 5.02. The molecule has 0 bridgehead atoms. The maximum Gasteiger partial charge on any atom is 0.233 e. The van der Waals surface area contributed by atoms with Crippen molar-refractivity contribution in [3.05, 3.63) is 34.9 Å². The van der Waals surface area contributed by atoms with Crippen molar-refractivity contribution in [3.8, 4) is 0 Å². The Morgan fingerprint density at radius 1 is 1.22 bits per heavy atom. The summed E-state index contributed by atoms with van der Waals surface area (Å²) in [5, 5.41) is 0.340. The van der Waals surface area contributed by atoms with Crippen LogP contribution >= 0.6 is 11.6 Å². The molecule has 1 aromatic rings. The minimum Gasteiger partial charge on any atom is -0.292 e. The van der Waals surface area contributed by atoms with E-state index >= 15 is 0 Å². The van der Waals surface area contributed by atoms with Crippen LogP contribution in [0, 0.1) is 11.8 Å². The molecule has 0 N–H and O–H groups in total. The molecule has 1 heterocycles. The van der Waals surface area contributed by atoms with Gasteiger partial charge in [-0.2, -0.15) is 0 Å². The number of carbonyl (C=O) groups excluding carboxylic acids is 3. The fourth-order valence-electron chi connectivity index (χ4n) is 2.32. The first-order valence-electron chi connectivity index (χ1n) is 5.72. The maximum atomic E-state index is 12.0. The molecular formula is C13H10ClNO3. The zero-order valence-corrected chi connectivity index (χ0v) is 10.2. The van der Waals surface area contributed by atoms with Gasteiger partial charge < -0.3 is 0 Å². The Kier molecular flexibility index (Phi) is 2.48. The zero-order valence-electron chi connectivity index (χ0n) is 9.43. The van der Waals surface area contributed by atoms with Gasteiger partial charge in [-0.25, -0.2) is 0 Å². The van der Waals surface area contributed by atoms with Crippen LogP contribution in [0.15, 0.2) is 24.3 Å². The zero-order chi connectivity index (χ0) is 12.9. The monoisotopic (exact) mass is 263 g/mol. The van der Waals surface area contributed by atoms with Crippen LogP contribution in [0.3, 0.4) is 0 Å². The van der Waals surface area contributed by atoms with E-state index in [1.165, 1.54) is 0 Å². The molecular weight excluding hydrogens is 254 g/mol. The van der Waals surface area contributed by atoms with Gasteiger partial charge in [0.15, 0.2) is 5.78 Å². The lowest BCUT2D eigenvalue weighted by Crippen LogP contribution is -2.37. The van der Waals surface area contributed by atoms with Crippen molar-refractivity contribution in [1.29, 1.82) is 0 Å². The van der Waals surface area contributed by atoms with Gasteiger partial charge in [-0.15, -0.1) is 0 Å². The molecule has 1 aliphatic carbocycles. The summed E-state index contributed by atoms with van der Waals surface area (Å²) < 4.78 is 0. The fraction of sp³-hybridized carbons (Fsp3) is 0.308. The van der Waals surface area contributed by atoms with E-state index in [9.17, 15) is 14.4 Å². The topological polar surface area (TPSA) is 54.5 Å². The maximum absolute atomic E-state index is 12.0. The lowest BCUT2D eigenvalue weighted by molar-refractivity contribution is -0.140. The number of hydrogen-bond acceptors (Lipinski definition) is 3. The molecule has 2 aliphatic rings. The third kappa shape index (κ3) is 1.64. The number of hydrogen-bond donors (Lipinski definition) is 0. The van der Waals surface area contributed by atoms with Crippen LogP contribution in [0.1, 0.15) is 16.8 Å². The minimum atomic E-state index is -0.302. The standard InChI is InChI=1S/C13H10ClNO3/c14-10-4-2-1-3-7(10)11(16)6-15-12(17)8-5-9(8)13(15)18/h1-4,8-9H,5-6H2. The fourth-order valence-corrected chi connectivity index (χ4v) is 2.56. The number of piperidine rings is 1. The van der Waals surface area contributed by atoms with Crippen molar-refractivity contribution in [3.63, 3.8) is 0 Å². The number of fused-ring (bicyclic) bond motifs is 1. The van der Waals surface area contributed by atoms with Crippen molar-refractivity contribution in [2.75, 3.05) is 6.54 Å². The molecule has 1 saturated heterocycles. The summed E-state index contributed by atoms with van der Waals surface area (Å²) in [4.78, 5) is 36.5. The number of likely N-dealkylation sites (tertiary alicyclic amines) is 1. The van der Waals surface area contributed by atoms with E-state index in [2.05, 4.69) is 0 Å². The van der Waals surface area contributed by atoms with E-state index in [-0.39, 0.29) is 36.0 Å². The highest BCUT2D eigenvalue weighted by atomic mass is 35.5. The second kappa shape index (κ2) is 3.92. The third-order valence-corrected chi connectivity index (χ3v) is 3.76.